The summed E-state index contributed by atoms with van der Waals surface area (Å²) in [4.78, 5) is 3.35. The Bertz CT molecular complexity index is 816. The smallest absolute Gasteiger partial charge is 0.367 e. The lowest BCUT2D eigenvalue weighted by Crippen LogP contribution is -2.17. The first-order valence-corrected chi connectivity index (χ1v) is 10.6. The maximum Gasteiger partial charge on any atom is 0.392 e. The summed E-state index contributed by atoms with van der Waals surface area (Å²) >= 11 is 1.80. The first-order valence-electron chi connectivity index (χ1n) is 9.66. The zero-order valence-electron chi connectivity index (χ0n) is 17.0. The van der Waals surface area contributed by atoms with Gasteiger partial charge in [0.15, 0.2) is 0 Å². The van der Waals surface area contributed by atoms with Crippen LogP contribution in [0.3, 0.4) is 0 Å². The largest absolute Gasteiger partial charge is 0.392 e. The monoisotopic (exact) mass is 419 g/mol. The molecule has 0 N–H and O–H groups in total. The molecule has 1 aliphatic heterocycles. The predicted molar refractivity (Wildman–Crippen MR) is 119 cm³/mol. The summed E-state index contributed by atoms with van der Waals surface area (Å²) in [5.74, 6) is 0.879. The molecule has 5 heteroatoms. The van der Waals surface area contributed by atoms with Crippen LogP contribution in [0.4, 0.5) is 13.2 Å². The Hall–Kier alpha value is -2.14. The van der Waals surface area contributed by atoms with Gasteiger partial charge in [-0.05, 0) is 43.6 Å². The van der Waals surface area contributed by atoms with Crippen LogP contribution < -0.4 is 0 Å². The zero-order chi connectivity index (χ0) is 21.3. The number of hydrogen-bond donors (Lipinski definition) is 0. The molecule has 29 heavy (non-hydrogen) atoms. The summed E-state index contributed by atoms with van der Waals surface area (Å²) in [6.07, 6.45) is 6.27. The second kappa shape index (κ2) is 11.1. The Morgan fingerprint density at radius 3 is 2.72 bits per heavy atom. The van der Waals surface area contributed by atoms with Crippen LogP contribution in [0.5, 0.6) is 0 Å². The molecule has 1 nitrogen and oxygen atoms in total. The van der Waals surface area contributed by atoms with Crippen LogP contribution in [-0.2, 0) is 5.75 Å². The van der Waals surface area contributed by atoms with Gasteiger partial charge in [0, 0.05) is 29.4 Å². The van der Waals surface area contributed by atoms with E-state index in [1.807, 2.05) is 19.1 Å². The number of halogens is 3. The number of alkyl halides is 3. The van der Waals surface area contributed by atoms with Gasteiger partial charge >= 0.3 is 6.18 Å². The van der Waals surface area contributed by atoms with E-state index in [2.05, 4.69) is 48.7 Å². The molecular weight excluding hydrogens is 391 g/mol. The number of thioether (sulfide) groups is 1. The van der Waals surface area contributed by atoms with E-state index in [9.17, 15) is 13.2 Å². The number of benzene rings is 1. The molecule has 1 saturated heterocycles. The van der Waals surface area contributed by atoms with Crippen LogP contribution in [0.2, 0.25) is 0 Å². The summed E-state index contributed by atoms with van der Waals surface area (Å²) in [5, 5.41) is 0. The first kappa shape index (κ1) is 23.1. The van der Waals surface area contributed by atoms with Gasteiger partial charge in [-0.1, -0.05) is 60.7 Å². The summed E-state index contributed by atoms with van der Waals surface area (Å²) in [6.45, 7) is 9.25. The molecule has 1 aromatic rings. The van der Waals surface area contributed by atoms with E-state index in [-0.39, 0.29) is 0 Å². The minimum absolute atomic E-state index is 0.730. The number of rotatable bonds is 8. The van der Waals surface area contributed by atoms with Gasteiger partial charge in [0.05, 0.1) is 6.42 Å². The van der Waals surface area contributed by atoms with Crippen molar-refractivity contribution in [1.29, 1.82) is 0 Å². The number of hydrogen-bond acceptors (Lipinski definition) is 2. The summed E-state index contributed by atoms with van der Waals surface area (Å²) in [6, 6.07) is 8.48. The quantitative estimate of drug-likeness (QED) is 0.406. The molecule has 1 aliphatic rings. The molecule has 0 aliphatic carbocycles. The summed E-state index contributed by atoms with van der Waals surface area (Å²) < 4.78 is 37.2. The molecule has 0 aromatic heterocycles. The van der Waals surface area contributed by atoms with Crippen LogP contribution >= 0.6 is 11.8 Å². The Kier molecular flexibility index (Phi) is 8.90. The van der Waals surface area contributed by atoms with E-state index in [4.69, 9.17) is 0 Å². The molecule has 0 radical (unpaired) electrons. The van der Waals surface area contributed by atoms with Crippen LogP contribution in [0.15, 0.2) is 83.5 Å². The molecule has 0 bridgehead atoms. The van der Waals surface area contributed by atoms with Crippen LogP contribution in [-0.4, -0.2) is 24.2 Å². The van der Waals surface area contributed by atoms with E-state index in [0.29, 0.717) is 0 Å². The normalized spacial score (nSPS) is 17.6. The Labute approximate surface area is 176 Å². The van der Waals surface area contributed by atoms with Crippen molar-refractivity contribution < 1.29 is 13.2 Å². The highest BCUT2D eigenvalue weighted by atomic mass is 32.2. The third-order valence-electron chi connectivity index (χ3n) is 4.57. The van der Waals surface area contributed by atoms with E-state index < -0.39 is 12.6 Å². The van der Waals surface area contributed by atoms with E-state index in [1.54, 1.807) is 23.9 Å². The Morgan fingerprint density at radius 2 is 2.07 bits per heavy atom. The average molecular weight is 420 g/mol. The molecule has 1 aromatic carbocycles. The minimum atomic E-state index is -4.17. The number of aryl methyl sites for hydroxylation is 1. The second-order valence-electron chi connectivity index (χ2n) is 6.95. The minimum Gasteiger partial charge on any atom is -0.367 e. The molecule has 0 spiro atoms. The lowest BCUT2D eigenvalue weighted by atomic mass is 10.2. The lowest BCUT2D eigenvalue weighted by molar-refractivity contribution is -0.125. The molecule has 1 fully saturated rings. The van der Waals surface area contributed by atoms with Gasteiger partial charge in [0.25, 0.3) is 0 Å². The van der Waals surface area contributed by atoms with Crippen molar-refractivity contribution >= 4 is 11.8 Å². The maximum atomic E-state index is 12.4. The molecule has 0 unspecified atom stereocenters. The molecule has 0 saturated carbocycles. The van der Waals surface area contributed by atoms with Gasteiger partial charge in [-0.3, -0.25) is 0 Å². The van der Waals surface area contributed by atoms with Gasteiger partial charge in [0.1, 0.15) is 0 Å². The van der Waals surface area contributed by atoms with Crippen molar-refractivity contribution in [2.45, 2.75) is 38.6 Å². The van der Waals surface area contributed by atoms with Crippen molar-refractivity contribution in [2.24, 2.45) is 0 Å². The predicted octanol–water partition coefficient (Wildman–Crippen LogP) is 7.34. The maximum absolute atomic E-state index is 12.4. The third-order valence-corrected chi connectivity index (χ3v) is 5.79. The SMILES string of the molecule is C=C/C=C\C(SCc1cccc(C)c1)=C1/CCN(C(/C=C\CC(F)(F)F)=C/C)C1. The molecule has 1 heterocycles. The molecule has 2 rings (SSSR count). The van der Waals surface area contributed by atoms with Crippen molar-refractivity contribution in [3.63, 3.8) is 0 Å². The number of likely N-dealkylation sites (tertiary alicyclic amines) is 1. The van der Waals surface area contributed by atoms with Gasteiger partial charge in [-0.25, -0.2) is 0 Å². The highest BCUT2D eigenvalue weighted by Crippen LogP contribution is 2.32. The molecule has 156 valence electrons. The summed E-state index contributed by atoms with van der Waals surface area (Å²) in [5.41, 5.74) is 4.66. The standard InChI is InChI=1S/C24H28F3NS/c1-4-6-12-23(29-18-20-10-7-9-19(3)16-20)21-13-15-28(17-21)22(5-2)11-8-14-24(25,26)27/h4-12,16H,1,13-15,17-18H2,2-3H3/b11-8-,12-6-,22-5+,23-21-. The molecule has 0 amide bonds. The third kappa shape index (κ3) is 8.01. The topological polar surface area (TPSA) is 3.24 Å². The number of nitrogens with zero attached hydrogens (tertiary/aromatic N) is 1. The Balaban J connectivity index is 2.10. The summed E-state index contributed by atoms with van der Waals surface area (Å²) in [7, 11) is 0. The highest BCUT2D eigenvalue weighted by molar-refractivity contribution is 8.02. The zero-order valence-corrected chi connectivity index (χ0v) is 17.8. The van der Waals surface area contributed by atoms with Crippen LogP contribution in [0.1, 0.15) is 30.9 Å². The van der Waals surface area contributed by atoms with Crippen LogP contribution in [0.25, 0.3) is 0 Å². The first-order chi connectivity index (χ1) is 13.8. The van der Waals surface area contributed by atoms with E-state index in [1.165, 1.54) is 27.7 Å². The van der Waals surface area contributed by atoms with Crippen LogP contribution in [0, 0.1) is 6.92 Å². The van der Waals surface area contributed by atoms with Crippen molar-refractivity contribution in [1.82, 2.24) is 4.90 Å². The van der Waals surface area contributed by atoms with Crippen molar-refractivity contribution in [3.05, 3.63) is 94.6 Å². The van der Waals surface area contributed by atoms with Gasteiger partial charge in [-0.15, -0.1) is 11.8 Å². The Morgan fingerprint density at radius 1 is 1.28 bits per heavy atom. The number of allylic oxidation sites excluding steroid dienone is 6. The van der Waals surface area contributed by atoms with Crippen molar-refractivity contribution in [3.8, 4) is 0 Å². The van der Waals surface area contributed by atoms with Crippen molar-refractivity contribution in [2.75, 3.05) is 13.1 Å². The van der Waals surface area contributed by atoms with Gasteiger partial charge < -0.3 is 4.90 Å². The fourth-order valence-electron chi connectivity index (χ4n) is 3.16. The lowest BCUT2D eigenvalue weighted by Gasteiger charge is -2.19. The highest BCUT2D eigenvalue weighted by Gasteiger charge is 2.25. The van der Waals surface area contributed by atoms with E-state index in [0.717, 1.165) is 31.0 Å². The fourth-order valence-corrected chi connectivity index (χ4v) is 4.21. The van der Waals surface area contributed by atoms with E-state index >= 15 is 0 Å². The fraction of sp³-hybridized carbons (Fsp3) is 0.333. The van der Waals surface area contributed by atoms with Gasteiger partial charge in [-0.2, -0.15) is 13.2 Å². The molecular formula is C24H28F3NS. The van der Waals surface area contributed by atoms with Gasteiger partial charge in [0.2, 0.25) is 0 Å². The second-order valence-corrected chi connectivity index (χ2v) is 7.96. The average Bonchev–Trinajstić information content (AvgIpc) is 3.14. The molecule has 0 atom stereocenters.